The molecule has 4 rings (SSSR count). The highest BCUT2D eigenvalue weighted by Crippen LogP contribution is 2.48. The number of fused-ring (bicyclic) bond motifs is 2. The lowest BCUT2D eigenvalue weighted by atomic mass is 10.1. The van der Waals surface area contributed by atoms with E-state index in [0.717, 1.165) is 47.1 Å². The topological polar surface area (TPSA) is 21.7 Å². The minimum atomic E-state index is 0.764. The molecule has 1 aliphatic rings. The van der Waals surface area contributed by atoms with Gasteiger partial charge < -0.3 is 18.9 Å². The fraction of sp³-hybridized carbons (Fsp3) is 0.308. The fourth-order valence-corrected chi connectivity index (χ4v) is 5.49. The number of rotatable bonds is 8. The first-order chi connectivity index (χ1) is 15.4. The van der Waals surface area contributed by atoms with E-state index in [1.165, 1.54) is 26.7 Å². The first kappa shape index (κ1) is 22.8. The molecule has 3 aromatic rings. The number of quaternary nitrogens is 1. The minimum Gasteiger partial charge on any atom is -0.493 e. The van der Waals surface area contributed by atoms with Crippen LogP contribution in [0, 0.1) is 0 Å². The number of hydrogen-bond acceptors (Lipinski definition) is 4. The Balaban J connectivity index is 1.47. The molecule has 3 aromatic carbocycles. The molecule has 1 heterocycles. The number of anilines is 2. The Morgan fingerprint density at radius 3 is 2.41 bits per heavy atom. The largest absolute Gasteiger partial charge is 0.493 e. The van der Waals surface area contributed by atoms with Gasteiger partial charge in [0.1, 0.15) is 6.54 Å². The van der Waals surface area contributed by atoms with Crippen LogP contribution in [-0.2, 0) is 6.54 Å². The summed E-state index contributed by atoms with van der Waals surface area (Å²) in [6.07, 6.45) is 1.06. The zero-order valence-corrected chi connectivity index (χ0v) is 20.7. The summed E-state index contributed by atoms with van der Waals surface area (Å²) < 4.78 is 11.7. The van der Waals surface area contributed by atoms with Gasteiger partial charge in [0.15, 0.2) is 11.5 Å². The van der Waals surface area contributed by atoms with Crippen molar-refractivity contribution in [2.24, 2.45) is 0 Å². The van der Waals surface area contributed by atoms with E-state index in [9.17, 15) is 0 Å². The maximum absolute atomic E-state index is 6.35. The molecule has 0 saturated heterocycles. The van der Waals surface area contributed by atoms with Crippen molar-refractivity contribution in [3.63, 3.8) is 0 Å². The molecule has 0 unspecified atom stereocenters. The van der Waals surface area contributed by atoms with Gasteiger partial charge in [-0.1, -0.05) is 35.5 Å². The Morgan fingerprint density at radius 2 is 1.62 bits per heavy atom. The van der Waals surface area contributed by atoms with Crippen LogP contribution in [0.15, 0.2) is 70.5 Å². The molecule has 0 bridgehead atoms. The summed E-state index contributed by atoms with van der Waals surface area (Å²) in [7, 11) is 7.91. The molecule has 32 heavy (non-hydrogen) atoms. The average Bonchev–Trinajstić information content (AvgIpc) is 2.78. The standard InChI is InChI=1S/C26H30ClN2O2S/c1-29(2,18-19-10-12-23(30-3)24(16-19)31-4)15-7-14-28-21-8-5-6-9-25(21)32-26-13-11-20(27)17-22(26)28/h5-6,8-13,16-17H,7,14-15,18H2,1-4H3/q+1. The summed E-state index contributed by atoms with van der Waals surface area (Å²) in [6, 6.07) is 21.0. The van der Waals surface area contributed by atoms with Crippen LogP contribution in [0.5, 0.6) is 11.5 Å². The molecular weight excluding hydrogens is 440 g/mol. The van der Waals surface area contributed by atoms with Gasteiger partial charge in [-0.3, -0.25) is 0 Å². The number of benzene rings is 3. The lowest BCUT2D eigenvalue weighted by Gasteiger charge is -2.35. The summed E-state index contributed by atoms with van der Waals surface area (Å²) in [4.78, 5) is 4.97. The molecule has 0 spiro atoms. The SMILES string of the molecule is COc1ccc(C[N+](C)(C)CCCN2c3ccccc3Sc3ccc(Cl)cc32)cc1OC. The van der Waals surface area contributed by atoms with Gasteiger partial charge in [-0.15, -0.1) is 0 Å². The van der Waals surface area contributed by atoms with E-state index in [1.807, 2.05) is 23.9 Å². The second-order valence-electron chi connectivity index (χ2n) is 8.69. The molecule has 6 heteroatoms. The monoisotopic (exact) mass is 469 g/mol. The molecule has 4 nitrogen and oxygen atoms in total. The van der Waals surface area contributed by atoms with Crippen molar-refractivity contribution in [1.29, 1.82) is 0 Å². The first-order valence-corrected chi connectivity index (χ1v) is 12.0. The highest BCUT2D eigenvalue weighted by atomic mass is 35.5. The van der Waals surface area contributed by atoms with Gasteiger partial charge in [0.25, 0.3) is 0 Å². The summed E-state index contributed by atoms with van der Waals surface area (Å²) in [5.41, 5.74) is 3.70. The molecule has 1 aliphatic heterocycles. The molecule has 0 atom stereocenters. The van der Waals surface area contributed by atoms with Crippen molar-refractivity contribution < 1.29 is 14.0 Å². The van der Waals surface area contributed by atoms with Gasteiger partial charge in [0, 0.05) is 33.3 Å². The summed E-state index contributed by atoms with van der Waals surface area (Å²) >= 11 is 8.17. The predicted octanol–water partition coefficient (Wildman–Crippen LogP) is 6.63. The molecular formula is C26H30ClN2O2S+. The van der Waals surface area contributed by atoms with Crippen molar-refractivity contribution in [3.8, 4) is 11.5 Å². The molecule has 0 saturated carbocycles. The Kier molecular flexibility index (Phi) is 6.89. The van der Waals surface area contributed by atoms with E-state index in [0.29, 0.717) is 0 Å². The van der Waals surface area contributed by atoms with E-state index in [4.69, 9.17) is 21.1 Å². The Labute approximate surface area is 200 Å². The number of ether oxygens (including phenoxy) is 2. The Hall–Kier alpha value is -2.34. The summed E-state index contributed by atoms with van der Waals surface area (Å²) in [6.45, 7) is 2.92. The minimum absolute atomic E-state index is 0.764. The lowest BCUT2D eigenvalue weighted by Crippen LogP contribution is -2.40. The fourth-order valence-electron chi connectivity index (χ4n) is 4.25. The first-order valence-electron chi connectivity index (χ1n) is 10.8. The average molecular weight is 470 g/mol. The zero-order chi connectivity index (χ0) is 22.7. The van der Waals surface area contributed by atoms with Crippen LogP contribution in [-0.4, -0.2) is 45.9 Å². The van der Waals surface area contributed by atoms with E-state index < -0.39 is 0 Å². The third kappa shape index (κ3) is 5.01. The Morgan fingerprint density at radius 1 is 0.875 bits per heavy atom. The van der Waals surface area contributed by atoms with Gasteiger partial charge in [0.2, 0.25) is 0 Å². The number of para-hydroxylation sites is 1. The van der Waals surface area contributed by atoms with E-state index >= 15 is 0 Å². The Bertz CT molecular complexity index is 1100. The van der Waals surface area contributed by atoms with Crippen LogP contribution in [0.25, 0.3) is 0 Å². The van der Waals surface area contributed by atoms with E-state index in [1.54, 1.807) is 14.2 Å². The van der Waals surface area contributed by atoms with Crippen molar-refractivity contribution in [1.82, 2.24) is 0 Å². The number of methoxy groups -OCH3 is 2. The quantitative estimate of drug-likeness (QED) is 0.345. The van der Waals surface area contributed by atoms with Crippen molar-refractivity contribution in [2.75, 3.05) is 46.3 Å². The summed E-state index contributed by atoms with van der Waals surface area (Å²) in [5.74, 6) is 1.54. The molecule has 0 fully saturated rings. The maximum Gasteiger partial charge on any atom is 0.161 e. The number of nitrogens with zero attached hydrogens (tertiary/aromatic N) is 2. The van der Waals surface area contributed by atoms with Gasteiger partial charge in [-0.25, -0.2) is 0 Å². The highest BCUT2D eigenvalue weighted by molar-refractivity contribution is 7.99. The second-order valence-corrected chi connectivity index (χ2v) is 10.2. The molecule has 0 radical (unpaired) electrons. The number of hydrogen-bond donors (Lipinski definition) is 0. The van der Waals surface area contributed by atoms with Crippen LogP contribution in [0.3, 0.4) is 0 Å². The van der Waals surface area contributed by atoms with Gasteiger partial charge >= 0.3 is 0 Å². The normalized spacial score (nSPS) is 12.8. The third-order valence-electron chi connectivity index (χ3n) is 5.79. The maximum atomic E-state index is 6.35. The van der Waals surface area contributed by atoms with Crippen molar-refractivity contribution in [2.45, 2.75) is 22.8 Å². The molecule has 0 amide bonds. The van der Waals surface area contributed by atoms with Crippen LogP contribution >= 0.6 is 23.4 Å². The third-order valence-corrected chi connectivity index (χ3v) is 7.16. The van der Waals surface area contributed by atoms with Gasteiger partial charge in [-0.05, 0) is 48.5 Å². The molecule has 0 N–H and O–H groups in total. The van der Waals surface area contributed by atoms with Crippen LogP contribution in [0.4, 0.5) is 11.4 Å². The van der Waals surface area contributed by atoms with Gasteiger partial charge in [-0.2, -0.15) is 0 Å². The number of halogens is 1. The summed E-state index contributed by atoms with van der Waals surface area (Å²) in [5, 5.41) is 0.776. The molecule has 0 aliphatic carbocycles. The van der Waals surface area contributed by atoms with Crippen molar-refractivity contribution >= 4 is 34.7 Å². The molecule has 168 valence electrons. The van der Waals surface area contributed by atoms with Crippen LogP contribution in [0.2, 0.25) is 5.02 Å². The highest BCUT2D eigenvalue weighted by Gasteiger charge is 2.24. The smallest absolute Gasteiger partial charge is 0.161 e. The lowest BCUT2D eigenvalue weighted by molar-refractivity contribution is -0.903. The van der Waals surface area contributed by atoms with Crippen LogP contribution in [0.1, 0.15) is 12.0 Å². The van der Waals surface area contributed by atoms with E-state index in [2.05, 4.69) is 67.5 Å². The van der Waals surface area contributed by atoms with Crippen LogP contribution < -0.4 is 14.4 Å². The zero-order valence-electron chi connectivity index (χ0n) is 19.1. The van der Waals surface area contributed by atoms with E-state index in [-0.39, 0.29) is 0 Å². The van der Waals surface area contributed by atoms with Crippen molar-refractivity contribution in [3.05, 3.63) is 71.2 Å². The predicted molar refractivity (Wildman–Crippen MR) is 134 cm³/mol. The van der Waals surface area contributed by atoms with Gasteiger partial charge in [0.05, 0.1) is 46.2 Å². The molecule has 0 aromatic heterocycles. The second kappa shape index (κ2) is 9.65.